The van der Waals surface area contributed by atoms with E-state index < -0.39 is 29.6 Å². The summed E-state index contributed by atoms with van der Waals surface area (Å²) in [6, 6.07) is 4.73. The van der Waals surface area contributed by atoms with Gasteiger partial charge in [0.25, 0.3) is 0 Å². The maximum atomic E-state index is 12.8. The zero-order valence-corrected chi connectivity index (χ0v) is 25.5. The number of ether oxygens (including phenoxy) is 4. The predicted octanol–water partition coefficient (Wildman–Crippen LogP) is 5.54. The Bertz CT molecular complexity index is 990. The molecule has 0 radical (unpaired) electrons. The normalized spacial score (nSPS) is 14.3. The molecule has 0 heterocycles. The minimum atomic E-state index is -1.53. The van der Waals surface area contributed by atoms with Gasteiger partial charge in [-0.1, -0.05) is 54.0 Å². The van der Waals surface area contributed by atoms with Crippen LogP contribution < -0.4 is 15.2 Å². The topological polar surface area (TPSA) is 131 Å². The van der Waals surface area contributed by atoms with Gasteiger partial charge >= 0.3 is 23.9 Å². The van der Waals surface area contributed by atoms with E-state index in [9.17, 15) is 19.2 Å². The first-order valence-electron chi connectivity index (χ1n) is 14.3. The third kappa shape index (κ3) is 12.5. The molecule has 0 bridgehead atoms. The number of rotatable bonds is 17. The molecule has 0 saturated heterocycles. The van der Waals surface area contributed by atoms with Gasteiger partial charge in [-0.3, -0.25) is 19.2 Å². The van der Waals surface area contributed by atoms with Gasteiger partial charge in [-0.05, 0) is 55.7 Å². The second-order valence-corrected chi connectivity index (χ2v) is 11.6. The summed E-state index contributed by atoms with van der Waals surface area (Å²) >= 11 is 0. The first-order chi connectivity index (χ1) is 18.7. The molecular weight excluding hydrogens is 514 g/mol. The smallest absolute Gasteiger partial charge is 0.326 e. The number of carbonyl (C=O) groups excluding carboxylic acids is 4. The van der Waals surface area contributed by atoms with Crippen LogP contribution in [0, 0.1) is 17.8 Å². The van der Waals surface area contributed by atoms with Crippen LogP contribution in [0.2, 0.25) is 0 Å². The summed E-state index contributed by atoms with van der Waals surface area (Å²) in [4.78, 5) is 50.2. The van der Waals surface area contributed by atoms with E-state index in [1.807, 2.05) is 34.6 Å². The van der Waals surface area contributed by atoms with E-state index in [1.165, 1.54) is 13.2 Å². The van der Waals surface area contributed by atoms with E-state index in [0.717, 1.165) is 6.42 Å². The Hall–Kier alpha value is -2.94. The number of nitrogens with two attached hydrogens (primary N) is 1. The Kier molecular flexibility index (Phi) is 14.9. The van der Waals surface area contributed by atoms with E-state index in [-0.39, 0.29) is 49.1 Å². The van der Waals surface area contributed by atoms with Crippen molar-refractivity contribution in [1.82, 2.24) is 0 Å². The Morgan fingerprint density at radius 2 is 1.40 bits per heavy atom. The van der Waals surface area contributed by atoms with E-state index in [0.29, 0.717) is 36.7 Å². The van der Waals surface area contributed by atoms with Crippen molar-refractivity contribution < 1.29 is 38.1 Å². The second kappa shape index (κ2) is 17.0. The lowest BCUT2D eigenvalue weighted by Gasteiger charge is -2.30. The molecule has 0 fully saturated rings. The SMILES string of the molecule is CCCC(C)C(=O)O[C@@H](C)CC(N)(Cc1ccc(OC(=O)CCC(C)C)c(OC(=O)CCC(C)C)c1)C(=O)OC. The van der Waals surface area contributed by atoms with Crippen LogP contribution in [0.25, 0.3) is 0 Å². The van der Waals surface area contributed by atoms with Crippen LogP contribution in [-0.4, -0.2) is 42.6 Å². The van der Waals surface area contributed by atoms with Crippen LogP contribution in [-0.2, 0) is 35.1 Å². The summed E-state index contributed by atoms with van der Waals surface area (Å²) in [6.45, 7) is 13.5. The molecule has 9 nitrogen and oxygen atoms in total. The van der Waals surface area contributed by atoms with Crippen molar-refractivity contribution in [2.24, 2.45) is 23.5 Å². The summed E-state index contributed by atoms with van der Waals surface area (Å²) in [5, 5.41) is 0. The lowest BCUT2D eigenvalue weighted by atomic mass is 9.86. The minimum Gasteiger partial charge on any atom is -0.468 e. The van der Waals surface area contributed by atoms with Gasteiger partial charge < -0.3 is 24.7 Å². The molecular formula is C31H49NO8. The van der Waals surface area contributed by atoms with E-state index in [2.05, 4.69) is 0 Å². The van der Waals surface area contributed by atoms with Crippen molar-refractivity contribution >= 4 is 23.9 Å². The molecule has 2 N–H and O–H groups in total. The van der Waals surface area contributed by atoms with Crippen LogP contribution in [0.1, 0.15) is 99.0 Å². The molecule has 0 aliphatic carbocycles. The first kappa shape index (κ1) is 35.1. The molecule has 0 spiro atoms. The predicted molar refractivity (Wildman–Crippen MR) is 153 cm³/mol. The van der Waals surface area contributed by atoms with Crippen LogP contribution in [0.15, 0.2) is 18.2 Å². The highest BCUT2D eigenvalue weighted by atomic mass is 16.6. The Morgan fingerprint density at radius 1 is 0.850 bits per heavy atom. The Labute approximate surface area is 239 Å². The molecule has 2 unspecified atom stereocenters. The van der Waals surface area contributed by atoms with Gasteiger partial charge in [0.15, 0.2) is 11.5 Å². The number of benzene rings is 1. The average Bonchev–Trinajstić information content (AvgIpc) is 2.87. The molecule has 0 aromatic heterocycles. The van der Waals surface area contributed by atoms with Crippen molar-refractivity contribution in [3.8, 4) is 11.5 Å². The van der Waals surface area contributed by atoms with Crippen molar-refractivity contribution in [3.05, 3.63) is 23.8 Å². The second-order valence-electron chi connectivity index (χ2n) is 11.6. The molecule has 1 aromatic rings. The third-order valence-corrected chi connectivity index (χ3v) is 6.51. The summed E-state index contributed by atoms with van der Waals surface area (Å²) < 4.78 is 21.7. The highest BCUT2D eigenvalue weighted by molar-refractivity contribution is 5.81. The van der Waals surface area contributed by atoms with Crippen molar-refractivity contribution in [1.29, 1.82) is 0 Å². The van der Waals surface area contributed by atoms with E-state index in [1.54, 1.807) is 26.0 Å². The lowest BCUT2D eigenvalue weighted by molar-refractivity contribution is -0.157. The van der Waals surface area contributed by atoms with E-state index >= 15 is 0 Å². The molecule has 3 atom stereocenters. The summed E-state index contributed by atoms with van der Waals surface area (Å²) in [7, 11) is 1.24. The number of esters is 4. The summed E-state index contributed by atoms with van der Waals surface area (Å²) in [5.74, 6) is -1.34. The highest BCUT2D eigenvalue weighted by Crippen LogP contribution is 2.32. The molecule has 226 valence electrons. The molecule has 1 rings (SSSR count). The maximum Gasteiger partial charge on any atom is 0.326 e. The van der Waals surface area contributed by atoms with Gasteiger partial charge in [0.1, 0.15) is 11.6 Å². The van der Waals surface area contributed by atoms with Crippen molar-refractivity contribution in [2.75, 3.05) is 7.11 Å². The Balaban J connectivity index is 3.22. The van der Waals surface area contributed by atoms with Crippen LogP contribution in [0.5, 0.6) is 11.5 Å². The number of hydrogen-bond donors (Lipinski definition) is 1. The highest BCUT2D eigenvalue weighted by Gasteiger charge is 2.38. The molecule has 9 heteroatoms. The molecule has 0 aliphatic heterocycles. The quantitative estimate of drug-likeness (QED) is 0.192. The standard InChI is InChI=1S/C31H49NO8/c1-9-10-22(6)29(35)38-23(7)18-31(32,30(36)37-8)19-24-13-14-25(39-27(33)15-11-20(2)3)26(17-24)40-28(34)16-12-21(4)5/h13-14,17,20-23H,9-12,15-16,18-19,32H2,1-8H3/t22?,23-,31?/m0/s1. The summed E-state index contributed by atoms with van der Waals surface area (Å²) in [6.07, 6.45) is 2.64. The minimum absolute atomic E-state index is 0.00416. The molecule has 0 saturated carbocycles. The number of carbonyl (C=O) groups is 4. The summed E-state index contributed by atoms with van der Waals surface area (Å²) in [5.41, 5.74) is 5.58. The fourth-order valence-corrected chi connectivity index (χ4v) is 4.20. The fourth-order valence-electron chi connectivity index (χ4n) is 4.20. The van der Waals surface area contributed by atoms with Crippen LogP contribution in [0.3, 0.4) is 0 Å². The Morgan fingerprint density at radius 3 is 1.90 bits per heavy atom. The number of methoxy groups -OCH3 is 1. The third-order valence-electron chi connectivity index (χ3n) is 6.51. The molecule has 0 amide bonds. The van der Waals surface area contributed by atoms with Gasteiger partial charge in [0, 0.05) is 25.7 Å². The van der Waals surface area contributed by atoms with E-state index in [4.69, 9.17) is 24.7 Å². The zero-order valence-electron chi connectivity index (χ0n) is 25.5. The molecule has 0 aliphatic rings. The first-order valence-corrected chi connectivity index (χ1v) is 14.3. The van der Waals surface area contributed by atoms with Gasteiger partial charge in [-0.2, -0.15) is 0 Å². The van der Waals surface area contributed by atoms with Crippen LogP contribution in [0.4, 0.5) is 0 Å². The van der Waals surface area contributed by atoms with Gasteiger partial charge in [0.05, 0.1) is 13.0 Å². The lowest BCUT2D eigenvalue weighted by Crippen LogP contribution is -2.53. The average molecular weight is 564 g/mol. The van der Waals surface area contributed by atoms with Crippen molar-refractivity contribution in [2.45, 2.75) is 111 Å². The largest absolute Gasteiger partial charge is 0.468 e. The fraction of sp³-hybridized carbons (Fsp3) is 0.677. The molecule has 1 aromatic carbocycles. The van der Waals surface area contributed by atoms with Gasteiger partial charge in [-0.15, -0.1) is 0 Å². The number of hydrogen-bond acceptors (Lipinski definition) is 9. The van der Waals surface area contributed by atoms with Gasteiger partial charge in [0.2, 0.25) is 0 Å². The maximum absolute atomic E-state index is 12.8. The molecule has 40 heavy (non-hydrogen) atoms. The van der Waals surface area contributed by atoms with Crippen molar-refractivity contribution in [3.63, 3.8) is 0 Å². The zero-order chi connectivity index (χ0) is 30.5. The van der Waals surface area contributed by atoms with Crippen LogP contribution >= 0.6 is 0 Å². The monoisotopic (exact) mass is 563 g/mol. The van der Waals surface area contributed by atoms with Gasteiger partial charge in [-0.25, -0.2) is 0 Å².